The van der Waals surface area contributed by atoms with Gasteiger partial charge in [-0.05, 0) is 36.8 Å². The lowest BCUT2D eigenvalue weighted by molar-refractivity contribution is 0.0784. The molecule has 7 heteroatoms. The molecule has 0 fully saturated rings. The zero-order chi connectivity index (χ0) is 21.7. The first-order chi connectivity index (χ1) is 14.3. The molecule has 156 valence electrons. The molecule has 0 radical (unpaired) electrons. The Morgan fingerprint density at radius 2 is 1.67 bits per heavy atom. The van der Waals surface area contributed by atoms with Crippen molar-refractivity contribution in [1.29, 1.82) is 0 Å². The number of rotatable bonds is 7. The minimum Gasteiger partial charge on any atom is -0.508 e. The van der Waals surface area contributed by atoms with Crippen LogP contribution < -0.4 is 4.72 Å². The fourth-order valence-corrected chi connectivity index (χ4v) is 4.38. The van der Waals surface area contributed by atoms with Crippen LogP contribution in [0.25, 0.3) is 0 Å². The first-order valence-electron chi connectivity index (χ1n) is 9.47. The average Bonchev–Trinajstić information content (AvgIpc) is 2.75. The van der Waals surface area contributed by atoms with Gasteiger partial charge in [0.2, 0.25) is 10.0 Å². The molecule has 1 atom stereocenters. The van der Waals surface area contributed by atoms with Crippen LogP contribution in [-0.2, 0) is 16.6 Å². The second-order valence-electron chi connectivity index (χ2n) is 7.07. The molecule has 1 unspecified atom stereocenters. The lowest BCUT2D eigenvalue weighted by Gasteiger charge is -2.19. The van der Waals surface area contributed by atoms with Gasteiger partial charge in [-0.2, -0.15) is 0 Å². The summed E-state index contributed by atoms with van der Waals surface area (Å²) in [5.74, 6) is -0.237. The number of phenolic OH excluding ortho intramolecular Hbond substituents is 1. The highest BCUT2D eigenvalue weighted by Crippen LogP contribution is 2.20. The van der Waals surface area contributed by atoms with Crippen molar-refractivity contribution in [3.8, 4) is 5.75 Å². The molecule has 2 N–H and O–H groups in total. The molecule has 0 aliphatic heterocycles. The number of carbonyl (C=O) groups is 1. The van der Waals surface area contributed by atoms with Gasteiger partial charge in [-0.3, -0.25) is 4.79 Å². The highest BCUT2D eigenvalue weighted by atomic mass is 32.2. The quantitative estimate of drug-likeness (QED) is 0.605. The average molecular weight is 425 g/mol. The number of aromatic hydroxyl groups is 1. The maximum atomic E-state index is 12.8. The summed E-state index contributed by atoms with van der Waals surface area (Å²) in [5, 5.41) is 9.91. The monoisotopic (exact) mass is 424 g/mol. The van der Waals surface area contributed by atoms with E-state index >= 15 is 0 Å². The Morgan fingerprint density at radius 1 is 1.00 bits per heavy atom. The first-order valence-corrected chi connectivity index (χ1v) is 11.0. The van der Waals surface area contributed by atoms with Crippen LogP contribution in [0, 0.1) is 0 Å². The number of sulfonamides is 1. The van der Waals surface area contributed by atoms with Gasteiger partial charge in [0.05, 0.1) is 4.90 Å². The fourth-order valence-electron chi connectivity index (χ4n) is 3.10. The van der Waals surface area contributed by atoms with E-state index in [9.17, 15) is 18.3 Å². The van der Waals surface area contributed by atoms with E-state index in [1.807, 2.05) is 30.3 Å². The molecule has 0 bridgehead atoms. The third-order valence-electron chi connectivity index (χ3n) is 4.77. The minimum absolute atomic E-state index is 0.0205. The summed E-state index contributed by atoms with van der Waals surface area (Å²) >= 11 is 0. The van der Waals surface area contributed by atoms with Crippen molar-refractivity contribution in [2.24, 2.45) is 0 Å². The SMILES string of the molecule is CC(NS(=O)(=O)c1cccc(C(=O)N(C)Cc2ccccc2O)c1)c1ccccc1. The number of amides is 1. The Kier molecular flexibility index (Phi) is 6.54. The van der Waals surface area contributed by atoms with E-state index in [4.69, 9.17) is 0 Å². The Morgan fingerprint density at radius 3 is 2.37 bits per heavy atom. The third kappa shape index (κ3) is 5.06. The van der Waals surface area contributed by atoms with Gasteiger partial charge < -0.3 is 10.0 Å². The number of hydrogen-bond acceptors (Lipinski definition) is 4. The molecule has 0 aliphatic carbocycles. The zero-order valence-corrected chi connectivity index (χ0v) is 17.6. The van der Waals surface area contributed by atoms with Crippen LogP contribution in [0.15, 0.2) is 83.8 Å². The van der Waals surface area contributed by atoms with Gasteiger partial charge in [0.15, 0.2) is 0 Å². The lowest BCUT2D eigenvalue weighted by Crippen LogP contribution is -2.28. The van der Waals surface area contributed by atoms with Crippen LogP contribution in [0.1, 0.15) is 34.5 Å². The topological polar surface area (TPSA) is 86.7 Å². The van der Waals surface area contributed by atoms with E-state index in [0.717, 1.165) is 5.56 Å². The number of nitrogens with zero attached hydrogens (tertiary/aromatic N) is 1. The van der Waals surface area contributed by atoms with E-state index in [-0.39, 0.29) is 28.7 Å². The molecule has 3 aromatic carbocycles. The van der Waals surface area contributed by atoms with Gasteiger partial charge in [-0.1, -0.05) is 54.6 Å². The number of phenols is 1. The Bertz CT molecular complexity index is 1130. The summed E-state index contributed by atoms with van der Waals surface area (Å²) < 4.78 is 28.3. The molecule has 0 aliphatic rings. The lowest BCUT2D eigenvalue weighted by atomic mass is 10.1. The van der Waals surface area contributed by atoms with E-state index < -0.39 is 16.1 Å². The highest BCUT2D eigenvalue weighted by molar-refractivity contribution is 7.89. The van der Waals surface area contributed by atoms with Gasteiger partial charge in [0.25, 0.3) is 5.91 Å². The molecule has 3 aromatic rings. The Labute approximate surface area is 176 Å². The number of hydrogen-bond donors (Lipinski definition) is 2. The van der Waals surface area contributed by atoms with Crippen LogP contribution >= 0.6 is 0 Å². The molecule has 0 saturated carbocycles. The standard InChI is InChI=1S/C23H24N2O4S/c1-17(18-9-4-3-5-10-18)24-30(28,29)21-13-8-12-19(15-21)23(27)25(2)16-20-11-6-7-14-22(20)26/h3-15,17,24,26H,16H2,1-2H3. The van der Waals surface area contributed by atoms with E-state index in [2.05, 4.69) is 4.72 Å². The second kappa shape index (κ2) is 9.11. The smallest absolute Gasteiger partial charge is 0.253 e. The predicted molar refractivity (Wildman–Crippen MR) is 116 cm³/mol. The summed E-state index contributed by atoms with van der Waals surface area (Å²) in [5.41, 5.74) is 1.70. The van der Waals surface area contributed by atoms with Gasteiger partial charge in [0.1, 0.15) is 5.75 Å². The largest absolute Gasteiger partial charge is 0.508 e. The number of nitrogens with one attached hydrogen (secondary N) is 1. The maximum absolute atomic E-state index is 12.8. The molecule has 0 spiro atoms. The van der Waals surface area contributed by atoms with Gasteiger partial charge in [0, 0.05) is 30.8 Å². The van der Waals surface area contributed by atoms with E-state index in [1.165, 1.54) is 17.0 Å². The van der Waals surface area contributed by atoms with Crippen LogP contribution in [-0.4, -0.2) is 31.4 Å². The van der Waals surface area contributed by atoms with Crippen molar-refractivity contribution in [1.82, 2.24) is 9.62 Å². The summed E-state index contributed by atoms with van der Waals surface area (Å²) in [6.45, 7) is 1.97. The number of benzene rings is 3. The summed E-state index contributed by atoms with van der Waals surface area (Å²) in [4.78, 5) is 14.3. The highest BCUT2D eigenvalue weighted by Gasteiger charge is 2.21. The Balaban J connectivity index is 1.77. The van der Waals surface area contributed by atoms with Crippen molar-refractivity contribution in [3.05, 3.63) is 95.6 Å². The summed E-state index contributed by atoms with van der Waals surface area (Å²) in [7, 11) is -2.21. The third-order valence-corrected chi connectivity index (χ3v) is 6.31. The normalized spacial score (nSPS) is 12.3. The van der Waals surface area contributed by atoms with E-state index in [0.29, 0.717) is 5.56 Å². The molecular weight excluding hydrogens is 400 g/mol. The molecule has 1 amide bonds. The van der Waals surface area contributed by atoms with Crippen LogP contribution in [0.2, 0.25) is 0 Å². The van der Waals surface area contributed by atoms with Crippen molar-refractivity contribution in [2.75, 3.05) is 7.05 Å². The van der Waals surface area contributed by atoms with Crippen molar-refractivity contribution >= 4 is 15.9 Å². The van der Waals surface area contributed by atoms with Crippen LogP contribution in [0.3, 0.4) is 0 Å². The molecule has 0 aromatic heterocycles. The molecular formula is C23H24N2O4S. The minimum atomic E-state index is -3.82. The Hall–Kier alpha value is -3.16. The van der Waals surface area contributed by atoms with Crippen molar-refractivity contribution < 1.29 is 18.3 Å². The van der Waals surface area contributed by atoms with Crippen molar-refractivity contribution in [3.63, 3.8) is 0 Å². The zero-order valence-electron chi connectivity index (χ0n) is 16.8. The summed E-state index contributed by atoms with van der Waals surface area (Å²) in [6.07, 6.45) is 0. The second-order valence-corrected chi connectivity index (χ2v) is 8.79. The molecule has 0 saturated heterocycles. The molecule has 30 heavy (non-hydrogen) atoms. The molecule has 3 rings (SSSR count). The van der Waals surface area contributed by atoms with Crippen LogP contribution in [0.5, 0.6) is 5.75 Å². The van der Waals surface area contributed by atoms with Crippen molar-refractivity contribution in [2.45, 2.75) is 24.4 Å². The molecule has 6 nitrogen and oxygen atoms in total. The fraction of sp³-hybridized carbons (Fsp3) is 0.174. The van der Waals surface area contributed by atoms with Gasteiger partial charge in [-0.25, -0.2) is 13.1 Å². The first kappa shape index (κ1) is 21.5. The summed E-state index contributed by atoms with van der Waals surface area (Å²) in [6, 6.07) is 21.6. The maximum Gasteiger partial charge on any atom is 0.253 e. The van der Waals surface area contributed by atoms with Crippen LogP contribution in [0.4, 0.5) is 0 Å². The number of para-hydroxylation sites is 1. The van der Waals surface area contributed by atoms with Gasteiger partial charge in [-0.15, -0.1) is 0 Å². The van der Waals surface area contributed by atoms with E-state index in [1.54, 1.807) is 50.4 Å². The number of carbonyl (C=O) groups excluding carboxylic acids is 1. The van der Waals surface area contributed by atoms with Gasteiger partial charge >= 0.3 is 0 Å². The predicted octanol–water partition coefficient (Wildman–Crippen LogP) is 3.70. The molecule has 0 heterocycles.